The Morgan fingerprint density at radius 2 is 1.96 bits per heavy atom. The van der Waals surface area contributed by atoms with Gasteiger partial charge in [0.05, 0.1) is 12.9 Å². The molecule has 1 aliphatic rings. The number of furan rings is 1. The lowest BCUT2D eigenvalue weighted by molar-refractivity contribution is 0.335. The highest BCUT2D eigenvalue weighted by Gasteiger charge is 2.24. The Morgan fingerprint density at radius 1 is 1.11 bits per heavy atom. The summed E-state index contributed by atoms with van der Waals surface area (Å²) in [6, 6.07) is 10.5. The second kappa shape index (κ2) is 8.86. The molecule has 2 aromatic heterocycles. The fourth-order valence-electron chi connectivity index (χ4n) is 3.71. The van der Waals surface area contributed by atoms with E-state index < -0.39 is 0 Å². The molecule has 1 saturated carbocycles. The van der Waals surface area contributed by atoms with E-state index >= 15 is 0 Å². The molecule has 0 radical (unpaired) electrons. The maximum Gasteiger partial charge on any atom is 0.200 e. The van der Waals surface area contributed by atoms with Crippen molar-refractivity contribution >= 4 is 11.8 Å². The van der Waals surface area contributed by atoms with Crippen LogP contribution in [0, 0.1) is 13.8 Å². The average molecular weight is 398 g/mol. The highest BCUT2D eigenvalue weighted by Crippen LogP contribution is 2.35. The lowest BCUT2D eigenvalue weighted by Gasteiger charge is -2.25. The molecule has 1 aliphatic carbocycles. The van der Waals surface area contributed by atoms with E-state index in [2.05, 4.69) is 40.7 Å². The monoisotopic (exact) mass is 397 g/mol. The fraction of sp³-hybridized carbons (Fsp3) is 0.455. The Bertz CT molecular complexity index is 899. The van der Waals surface area contributed by atoms with E-state index in [9.17, 15) is 0 Å². The summed E-state index contributed by atoms with van der Waals surface area (Å²) in [5.74, 6) is 3.38. The number of hydrogen-bond acceptors (Lipinski definition) is 5. The van der Waals surface area contributed by atoms with E-state index in [0.29, 0.717) is 12.6 Å². The van der Waals surface area contributed by atoms with Gasteiger partial charge in [0.2, 0.25) is 5.82 Å². The Balaban J connectivity index is 1.44. The highest BCUT2D eigenvalue weighted by molar-refractivity contribution is 7.99. The minimum Gasteiger partial charge on any atom is -0.493 e. The van der Waals surface area contributed by atoms with Crippen molar-refractivity contribution in [3.63, 3.8) is 0 Å². The lowest BCUT2D eigenvalue weighted by atomic mass is 9.95. The second-order valence-corrected chi connectivity index (χ2v) is 8.45. The van der Waals surface area contributed by atoms with Crippen LogP contribution in [0.2, 0.25) is 0 Å². The van der Waals surface area contributed by atoms with Crippen LogP contribution in [0.25, 0.3) is 11.6 Å². The number of ether oxygens (including phenoxy) is 1. The first-order chi connectivity index (χ1) is 13.7. The van der Waals surface area contributed by atoms with Crippen LogP contribution in [-0.4, -0.2) is 27.1 Å². The van der Waals surface area contributed by atoms with Crippen LogP contribution in [0.4, 0.5) is 0 Å². The zero-order valence-corrected chi connectivity index (χ0v) is 17.4. The van der Waals surface area contributed by atoms with Crippen molar-refractivity contribution in [1.82, 2.24) is 14.8 Å². The first-order valence-corrected chi connectivity index (χ1v) is 11.0. The van der Waals surface area contributed by atoms with Gasteiger partial charge in [0.1, 0.15) is 5.75 Å². The summed E-state index contributed by atoms with van der Waals surface area (Å²) in [7, 11) is 0. The minimum absolute atomic E-state index is 0.451. The van der Waals surface area contributed by atoms with Crippen LogP contribution < -0.4 is 4.74 Å². The van der Waals surface area contributed by atoms with Crippen LogP contribution >= 0.6 is 11.8 Å². The molecule has 5 nitrogen and oxygen atoms in total. The molecule has 148 valence electrons. The van der Waals surface area contributed by atoms with Gasteiger partial charge in [-0.15, -0.1) is 10.2 Å². The highest BCUT2D eigenvalue weighted by atomic mass is 32.2. The number of benzene rings is 1. The maximum atomic E-state index is 5.93. The number of aromatic nitrogens is 3. The molecule has 2 heterocycles. The van der Waals surface area contributed by atoms with Crippen molar-refractivity contribution in [3.05, 3.63) is 47.7 Å². The molecule has 3 aromatic rings. The first-order valence-electron chi connectivity index (χ1n) is 10.0. The summed E-state index contributed by atoms with van der Waals surface area (Å²) >= 11 is 1.71. The smallest absolute Gasteiger partial charge is 0.200 e. The van der Waals surface area contributed by atoms with Gasteiger partial charge in [-0.25, -0.2) is 0 Å². The van der Waals surface area contributed by atoms with Gasteiger partial charge in [-0.3, -0.25) is 4.57 Å². The van der Waals surface area contributed by atoms with Crippen LogP contribution in [0.15, 0.2) is 46.2 Å². The van der Waals surface area contributed by atoms with Crippen molar-refractivity contribution in [3.8, 4) is 17.3 Å². The molecule has 6 heteroatoms. The molecule has 0 N–H and O–H groups in total. The molecule has 0 aliphatic heterocycles. The Labute approximate surface area is 170 Å². The number of hydrogen-bond donors (Lipinski definition) is 0. The predicted octanol–water partition coefficient (Wildman–Crippen LogP) is 5.83. The number of aryl methyl sites for hydroxylation is 2. The van der Waals surface area contributed by atoms with Gasteiger partial charge in [-0.2, -0.15) is 0 Å². The largest absolute Gasteiger partial charge is 0.493 e. The summed E-state index contributed by atoms with van der Waals surface area (Å²) in [5.41, 5.74) is 2.54. The number of nitrogens with zero attached hydrogens (tertiary/aromatic N) is 3. The van der Waals surface area contributed by atoms with E-state index in [1.807, 2.05) is 18.2 Å². The lowest BCUT2D eigenvalue weighted by Crippen LogP contribution is -2.15. The predicted molar refractivity (Wildman–Crippen MR) is 112 cm³/mol. The van der Waals surface area contributed by atoms with E-state index in [4.69, 9.17) is 9.15 Å². The topological polar surface area (TPSA) is 53.1 Å². The zero-order chi connectivity index (χ0) is 19.3. The summed E-state index contributed by atoms with van der Waals surface area (Å²) < 4.78 is 13.8. The molecular formula is C22H27N3O2S. The summed E-state index contributed by atoms with van der Waals surface area (Å²) in [5, 5.41) is 9.89. The van der Waals surface area contributed by atoms with E-state index in [-0.39, 0.29) is 0 Å². The van der Waals surface area contributed by atoms with Crippen LogP contribution in [0.5, 0.6) is 5.75 Å². The molecule has 0 atom stereocenters. The first kappa shape index (κ1) is 19.1. The molecule has 4 rings (SSSR count). The maximum absolute atomic E-state index is 5.93. The summed E-state index contributed by atoms with van der Waals surface area (Å²) in [6.45, 7) is 4.87. The van der Waals surface area contributed by atoms with Crippen LogP contribution in [0.1, 0.15) is 49.3 Å². The summed E-state index contributed by atoms with van der Waals surface area (Å²) in [4.78, 5) is 0. The normalized spacial score (nSPS) is 15.1. The van der Waals surface area contributed by atoms with Crippen molar-refractivity contribution < 1.29 is 9.15 Å². The number of rotatable bonds is 7. The van der Waals surface area contributed by atoms with Crippen LogP contribution in [0.3, 0.4) is 0 Å². The van der Waals surface area contributed by atoms with E-state index in [1.165, 1.54) is 43.2 Å². The van der Waals surface area contributed by atoms with E-state index in [0.717, 1.165) is 28.2 Å². The third-order valence-electron chi connectivity index (χ3n) is 5.41. The van der Waals surface area contributed by atoms with Gasteiger partial charge < -0.3 is 9.15 Å². The van der Waals surface area contributed by atoms with Gasteiger partial charge in [0.25, 0.3) is 0 Å². The molecule has 0 unspecified atom stereocenters. The Kier molecular flexibility index (Phi) is 6.05. The van der Waals surface area contributed by atoms with Gasteiger partial charge in [0.15, 0.2) is 10.9 Å². The molecule has 28 heavy (non-hydrogen) atoms. The second-order valence-electron chi connectivity index (χ2n) is 7.39. The SMILES string of the molecule is Cc1ccc(OCCSc2nnc(-c3ccco3)n2C2CCCCC2)cc1C. The Morgan fingerprint density at radius 3 is 2.71 bits per heavy atom. The number of thioether (sulfide) groups is 1. The van der Waals surface area contributed by atoms with Gasteiger partial charge in [0, 0.05) is 11.8 Å². The van der Waals surface area contributed by atoms with Gasteiger partial charge in [-0.1, -0.05) is 37.1 Å². The molecule has 0 amide bonds. The molecule has 1 aromatic carbocycles. The van der Waals surface area contributed by atoms with E-state index in [1.54, 1.807) is 18.0 Å². The summed E-state index contributed by atoms with van der Waals surface area (Å²) in [6.07, 6.45) is 7.90. The molecular weight excluding hydrogens is 370 g/mol. The average Bonchev–Trinajstić information content (AvgIpc) is 3.38. The zero-order valence-electron chi connectivity index (χ0n) is 16.6. The van der Waals surface area contributed by atoms with Crippen molar-refractivity contribution in [1.29, 1.82) is 0 Å². The third kappa shape index (κ3) is 4.27. The van der Waals surface area contributed by atoms with Gasteiger partial charge in [-0.05, 0) is 62.1 Å². The van der Waals surface area contributed by atoms with Crippen molar-refractivity contribution in [2.24, 2.45) is 0 Å². The molecule has 1 fully saturated rings. The molecule has 0 saturated heterocycles. The minimum atomic E-state index is 0.451. The quantitative estimate of drug-likeness (QED) is 0.371. The molecule has 0 bridgehead atoms. The fourth-order valence-corrected chi connectivity index (χ4v) is 4.54. The van der Waals surface area contributed by atoms with Crippen molar-refractivity contribution in [2.45, 2.75) is 57.1 Å². The van der Waals surface area contributed by atoms with Crippen molar-refractivity contribution in [2.75, 3.05) is 12.4 Å². The Hall–Kier alpha value is -2.21. The van der Waals surface area contributed by atoms with Gasteiger partial charge >= 0.3 is 0 Å². The third-order valence-corrected chi connectivity index (χ3v) is 6.31. The van der Waals surface area contributed by atoms with Crippen LogP contribution in [-0.2, 0) is 0 Å². The molecule has 0 spiro atoms. The standard InChI is InChI=1S/C22H27N3O2S/c1-16-10-11-19(15-17(16)2)26-13-14-28-22-24-23-21(20-9-6-12-27-20)25(22)18-7-4-3-5-8-18/h6,9-12,15,18H,3-5,7-8,13-14H2,1-2H3.